The molecule has 2 saturated heterocycles. The largest absolute Gasteiger partial charge is 0.356 e. The Hall–Kier alpha value is -1.73. The summed E-state index contributed by atoms with van der Waals surface area (Å²) in [5.41, 5.74) is 0.735. The molecule has 25 heavy (non-hydrogen) atoms. The molecule has 7 heteroatoms. The van der Waals surface area contributed by atoms with Crippen LogP contribution in [0.3, 0.4) is 0 Å². The zero-order chi connectivity index (χ0) is 17.9. The quantitative estimate of drug-likeness (QED) is 0.792. The van der Waals surface area contributed by atoms with Crippen molar-refractivity contribution in [2.45, 2.75) is 29.7 Å². The molecule has 0 saturated carbocycles. The predicted molar refractivity (Wildman–Crippen MR) is 101 cm³/mol. The molecule has 1 aromatic rings. The van der Waals surface area contributed by atoms with Crippen LogP contribution in [-0.2, 0) is 4.79 Å². The van der Waals surface area contributed by atoms with E-state index >= 15 is 0 Å². The summed E-state index contributed by atoms with van der Waals surface area (Å²) in [7, 11) is 2.11. The SMILES string of the molecule is CSc1ccccc1NC(=O)N1CCN(C)[C@]2(CCNC(=O)CC2)C1. The Labute approximate surface area is 153 Å². The highest BCUT2D eigenvalue weighted by atomic mass is 32.2. The Morgan fingerprint density at radius 2 is 2.08 bits per heavy atom. The normalized spacial score (nSPS) is 24.7. The number of thioether (sulfide) groups is 1. The van der Waals surface area contributed by atoms with Crippen molar-refractivity contribution in [1.82, 2.24) is 15.1 Å². The minimum atomic E-state index is -0.117. The Balaban J connectivity index is 1.72. The third kappa shape index (κ3) is 3.93. The van der Waals surface area contributed by atoms with Crippen LogP contribution in [0.5, 0.6) is 0 Å². The summed E-state index contributed by atoms with van der Waals surface area (Å²) in [6.07, 6.45) is 4.20. The van der Waals surface area contributed by atoms with E-state index in [1.54, 1.807) is 11.8 Å². The second-order valence-electron chi connectivity index (χ2n) is 6.80. The number of anilines is 1. The molecular weight excluding hydrogens is 336 g/mol. The number of carbonyl (C=O) groups is 2. The van der Waals surface area contributed by atoms with E-state index in [0.717, 1.165) is 30.0 Å². The molecule has 0 radical (unpaired) electrons. The maximum absolute atomic E-state index is 12.8. The van der Waals surface area contributed by atoms with Gasteiger partial charge in [-0.05, 0) is 38.3 Å². The van der Waals surface area contributed by atoms with Crippen molar-refractivity contribution >= 4 is 29.4 Å². The van der Waals surface area contributed by atoms with Crippen molar-refractivity contribution < 1.29 is 9.59 Å². The van der Waals surface area contributed by atoms with Gasteiger partial charge < -0.3 is 15.5 Å². The van der Waals surface area contributed by atoms with Gasteiger partial charge >= 0.3 is 6.03 Å². The van der Waals surface area contributed by atoms with E-state index < -0.39 is 0 Å². The molecule has 0 unspecified atom stereocenters. The Bertz CT molecular complexity index is 654. The highest BCUT2D eigenvalue weighted by Gasteiger charge is 2.42. The number of urea groups is 1. The second kappa shape index (κ2) is 7.66. The lowest BCUT2D eigenvalue weighted by atomic mass is 9.86. The first-order chi connectivity index (χ1) is 12.0. The summed E-state index contributed by atoms with van der Waals surface area (Å²) in [6, 6.07) is 7.79. The average Bonchev–Trinajstić information content (AvgIpc) is 2.80. The van der Waals surface area contributed by atoms with Crippen LogP contribution in [0.15, 0.2) is 29.2 Å². The Morgan fingerprint density at radius 1 is 1.28 bits per heavy atom. The first-order valence-corrected chi connectivity index (χ1v) is 9.93. The van der Waals surface area contributed by atoms with E-state index in [-0.39, 0.29) is 17.5 Å². The van der Waals surface area contributed by atoms with Crippen LogP contribution < -0.4 is 10.6 Å². The van der Waals surface area contributed by atoms with Gasteiger partial charge in [0.1, 0.15) is 0 Å². The molecule has 6 nitrogen and oxygen atoms in total. The van der Waals surface area contributed by atoms with Gasteiger partial charge in [0, 0.05) is 43.0 Å². The fourth-order valence-electron chi connectivity index (χ4n) is 3.71. The molecule has 2 N–H and O–H groups in total. The number of piperazine rings is 1. The van der Waals surface area contributed by atoms with E-state index in [0.29, 0.717) is 26.1 Å². The van der Waals surface area contributed by atoms with Crippen molar-refractivity contribution in [1.29, 1.82) is 0 Å². The van der Waals surface area contributed by atoms with Gasteiger partial charge in [0.25, 0.3) is 0 Å². The fraction of sp³-hybridized carbons (Fsp3) is 0.556. The van der Waals surface area contributed by atoms with E-state index in [1.807, 2.05) is 35.4 Å². The van der Waals surface area contributed by atoms with Crippen molar-refractivity contribution in [2.75, 3.05) is 44.8 Å². The van der Waals surface area contributed by atoms with Gasteiger partial charge in [-0.15, -0.1) is 11.8 Å². The third-order valence-electron chi connectivity index (χ3n) is 5.37. The monoisotopic (exact) mass is 362 g/mol. The van der Waals surface area contributed by atoms with Crippen LogP contribution in [-0.4, -0.2) is 66.8 Å². The van der Waals surface area contributed by atoms with Gasteiger partial charge in [0.2, 0.25) is 5.91 Å². The third-order valence-corrected chi connectivity index (χ3v) is 6.16. The van der Waals surface area contributed by atoms with Crippen LogP contribution >= 0.6 is 11.8 Å². The van der Waals surface area contributed by atoms with Gasteiger partial charge in [-0.3, -0.25) is 9.69 Å². The number of likely N-dealkylation sites (N-methyl/N-ethyl adjacent to an activating group) is 1. The van der Waals surface area contributed by atoms with Crippen molar-refractivity contribution in [3.63, 3.8) is 0 Å². The maximum Gasteiger partial charge on any atom is 0.321 e. The molecule has 3 amide bonds. The average molecular weight is 362 g/mol. The predicted octanol–water partition coefficient (Wildman–Crippen LogP) is 2.23. The molecule has 136 valence electrons. The standard InChI is InChI=1S/C18H26N4O2S/c1-21-11-12-22(13-18(21)8-7-16(23)19-10-9-18)17(24)20-14-5-3-4-6-15(14)25-2/h3-6H,7-13H2,1-2H3,(H,19,23)(H,20,24)/t18-/m1/s1. The highest BCUT2D eigenvalue weighted by molar-refractivity contribution is 7.98. The van der Waals surface area contributed by atoms with Crippen LogP contribution in [0.4, 0.5) is 10.5 Å². The molecule has 1 spiro atoms. The summed E-state index contributed by atoms with van der Waals surface area (Å²) in [4.78, 5) is 29.8. The van der Waals surface area contributed by atoms with Gasteiger partial charge in [-0.1, -0.05) is 12.1 Å². The smallest absolute Gasteiger partial charge is 0.321 e. The number of nitrogens with zero attached hydrogens (tertiary/aromatic N) is 2. The number of hydrogen-bond acceptors (Lipinski definition) is 4. The second-order valence-corrected chi connectivity index (χ2v) is 7.65. The fourth-order valence-corrected chi connectivity index (χ4v) is 4.27. The van der Waals surface area contributed by atoms with E-state index in [2.05, 4.69) is 22.6 Å². The van der Waals surface area contributed by atoms with Gasteiger partial charge in [0.05, 0.1) is 5.69 Å². The highest BCUT2D eigenvalue weighted by Crippen LogP contribution is 2.31. The summed E-state index contributed by atoms with van der Waals surface area (Å²) in [6.45, 7) is 2.86. The molecule has 1 atom stereocenters. The number of benzene rings is 1. The Kier molecular flexibility index (Phi) is 5.54. The molecule has 3 rings (SSSR count). The van der Waals surface area contributed by atoms with Crippen molar-refractivity contribution in [2.24, 2.45) is 0 Å². The zero-order valence-corrected chi connectivity index (χ0v) is 15.7. The first-order valence-electron chi connectivity index (χ1n) is 8.71. The molecule has 0 aliphatic carbocycles. The molecule has 1 aromatic carbocycles. The summed E-state index contributed by atoms with van der Waals surface area (Å²) >= 11 is 1.62. The molecule has 0 bridgehead atoms. The molecule has 2 heterocycles. The van der Waals surface area contributed by atoms with Crippen LogP contribution in [0, 0.1) is 0 Å². The zero-order valence-electron chi connectivity index (χ0n) is 14.9. The number of para-hydroxylation sites is 1. The first kappa shape index (κ1) is 18.1. The molecule has 2 aliphatic rings. The maximum atomic E-state index is 12.8. The topological polar surface area (TPSA) is 64.7 Å². The van der Waals surface area contributed by atoms with Gasteiger partial charge in [0.15, 0.2) is 0 Å². The van der Waals surface area contributed by atoms with E-state index in [4.69, 9.17) is 0 Å². The Morgan fingerprint density at radius 3 is 2.88 bits per heavy atom. The molecule has 2 fully saturated rings. The van der Waals surface area contributed by atoms with Crippen LogP contribution in [0.25, 0.3) is 0 Å². The number of carbonyl (C=O) groups excluding carboxylic acids is 2. The number of hydrogen-bond donors (Lipinski definition) is 2. The van der Waals surface area contributed by atoms with Gasteiger partial charge in [-0.2, -0.15) is 0 Å². The lowest BCUT2D eigenvalue weighted by Gasteiger charge is -2.49. The number of rotatable bonds is 2. The van der Waals surface area contributed by atoms with Crippen molar-refractivity contribution in [3.05, 3.63) is 24.3 Å². The summed E-state index contributed by atoms with van der Waals surface area (Å²) < 4.78 is 0. The number of nitrogens with one attached hydrogen (secondary N) is 2. The minimum Gasteiger partial charge on any atom is -0.356 e. The lowest BCUT2D eigenvalue weighted by Crippen LogP contribution is -2.62. The van der Waals surface area contributed by atoms with Crippen LogP contribution in [0.1, 0.15) is 19.3 Å². The van der Waals surface area contributed by atoms with Crippen molar-refractivity contribution in [3.8, 4) is 0 Å². The summed E-state index contributed by atoms with van der Waals surface area (Å²) in [5, 5.41) is 6.01. The summed E-state index contributed by atoms with van der Waals surface area (Å²) in [5.74, 6) is 0.112. The number of amides is 3. The minimum absolute atomic E-state index is 0.0579. The van der Waals surface area contributed by atoms with E-state index in [9.17, 15) is 9.59 Å². The molecule has 0 aromatic heterocycles. The van der Waals surface area contributed by atoms with Crippen LogP contribution in [0.2, 0.25) is 0 Å². The molecular formula is C18H26N4O2S. The lowest BCUT2D eigenvalue weighted by molar-refractivity contribution is -0.121. The van der Waals surface area contributed by atoms with E-state index in [1.165, 1.54) is 0 Å². The molecule has 2 aliphatic heterocycles. The van der Waals surface area contributed by atoms with Gasteiger partial charge in [-0.25, -0.2) is 4.79 Å².